The quantitative estimate of drug-likeness (QED) is 0.886. The fourth-order valence-electron chi connectivity index (χ4n) is 3.23. The highest BCUT2D eigenvalue weighted by Gasteiger charge is 2.27. The summed E-state index contributed by atoms with van der Waals surface area (Å²) in [6, 6.07) is 9.54. The molecule has 1 amide bonds. The smallest absolute Gasteiger partial charge is 0.276 e. The number of benzene rings is 1. The second kappa shape index (κ2) is 7.18. The highest BCUT2D eigenvalue weighted by Crippen LogP contribution is 2.28. The minimum atomic E-state index is -0.0513. The molecule has 0 bridgehead atoms. The molecule has 1 saturated heterocycles. The van der Waals surface area contributed by atoms with Crippen molar-refractivity contribution in [3.8, 4) is 11.3 Å². The molecule has 132 valence electrons. The van der Waals surface area contributed by atoms with Gasteiger partial charge in [-0.3, -0.25) is 4.79 Å². The van der Waals surface area contributed by atoms with Crippen LogP contribution in [0.5, 0.6) is 0 Å². The predicted molar refractivity (Wildman–Crippen MR) is 96.6 cm³/mol. The van der Waals surface area contributed by atoms with Crippen molar-refractivity contribution in [1.29, 1.82) is 0 Å². The summed E-state index contributed by atoms with van der Waals surface area (Å²) in [5, 5.41) is 8.26. The van der Waals surface area contributed by atoms with Crippen LogP contribution in [-0.2, 0) is 0 Å². The number of halogens is 1. The van der Waals surface area contributed by atoms with Gasteiger partial charge in [0, 0.05) is 35.8 Å². The van der Waals surface area contributed by atoms with E-state index in [1.807, 2.05) is 17.0 Å². The zero-order chi connectivity index (χ0) is 17.2. The van der Waals surface area contributed by atoms with Crippen molar-refractivity contribution in [2.75, 3.05) is 19.6 Å². The standard InChI is InChI=1S/C19H22ClN3O2/c20-15-5-3-14(4-6-15)18-11-17(22-25-18)19(24)23-9-7-16(8-10-23)21-12-13-1-2-13/h3-6,11,13,16,21H,1-2,7-10,12H2. The van der Waals surface area contributed by atoms with Crippen LogP contribution in [0.4, 0.5) is 0 Å². The summed E-state index contributed by atoms with van der Waals surface area (Å²) >= 11 is 5.90. The molecule has 25 heavy (non-hydrogen) atoms. The number of rotatable bonds is 5. The van der Waals surface area contributed by atoms with Crippen LogP contribution < -0.4 is 5.32 Å². The molecule has 1 aromatic carbocycles. The molecular formula is C19H22ClN3O2. The van der Waals surface area contributed by atoms with E-state index < -0.39 is 0 Å². The normalized spacial score (nSPS) is 18.5. The predicted octanol–water partition coefficient (Wildman–Crippen LogP) is 3.60. The molecule has 1 saturated carbocycles. The van der Waals surface area contributed by atoms with Gasteiger partial charge in [-0.2, -0.15) is 0 Å². The summed E-state index contributed by atoms with van der Waals surface area (Å²) in [5.74, 6) is 1.42. The van der Waals surface area contributed by atoms with Crippen LogP contribution in [-0.4, -0.2) is 41.6 Å². The summed E-state index contributed by atoms with van der Waals surface area (Å²) in [7, 11) is 0. The molecule has 1 N–H and O–H groups in total. The molecule has 2 aliphatic rings. The first-order valence-corrected chi connectivity index (χ1v) is 9.32. The zero-order valence-electron chi connectivity index (χ0n) is 14.1. The Bertz CT molecular complexity index is 731. The fourth-order valence-corrected chi connectivity index (χ4v) is 3.36. The Morgan fingerprint density at radius 1 is 1.20 bits per heavy atom. The zero-order valence-corrected chi connectivity index (χ0v) is 14.8. The van der Waals surface area contributed by atoms with Gasteiger partial charge in [0.1, 0.15) is 0 Å². The number of nitrogens with zero attached hydrogens (tertiary/aromatic N) is 2. The van der Waals surface area contributed by atoms with Crippen molar-refractivity contribution in [1.82, 2.24) is 15.4 Å². The van der Waals surface area contributed by atoms with Gasteiger partial charge in [0.15, 0.2) is 11.5 Å². The molecule has 0 spiro atoms. The van der Waals surface area contributed by atoms with Gasteiger partial charge in [-0.05, 0) is 62.4 Å². The highest BCUT2D eigenvalue weighted by molar-refractivity contribution is 6.30. The van der Waals surface area contributed by atoms with Crippen LogP contribution in [0.25, 0.3) is 11.3 Å². The van der Waals surface area contributed by atoms with Crippen LogP contribution in [0.3, 0.4) is 0 Å². The SMILES string of the molecule is O=C(c1cc(-c2ccc(Cl)cc2)on1)N1CCC(NCC2CC2)CC1. The van der Waals surface area contributed by atoms with Gasteiger partial charge in [0.2, 0.25) is 0 Å². The van der Waals surface area contributed by atoms with E-state index in [0.29, 0.717) is 22.5 Å². The number of piperidine rings is 1. The van der Waals surface area contributed by atoms with E-state index in [-0.39, 0.29) is 5.91 Å². The van der Waals surface area contributed by atoms with E-state index in [1.165, 1.54) is 12.8 Å². The van der Waals surface area contributed by atoms with Gasteiger partial charge in [0.25, 0.3) is 5.91 Å². The largest absolute Gasteiger partial charge is 0.355 e. The lowest BCUT2D eigenvalue weighted by atomic mass is 10.0. The van der Waals surface area contributed by atoms with Crippen LogP contribution in [0.15, 0.2) is 34.9 Å². The van der Waals surface area contributed by atoms with Gasteiger partial charge < -0.3 is 14.7 Å². The van der Waals surface area contributed by atoms with Crippen molar-refractivity contribution in [3.63, 3.8) is 0 Å². The number of carbonyl (C=O) groups is 1. The number of hydrogen-bond acceptors (Lipinski definition) is 4. The molecule has 2 aromatic rings. The Kier molecular flexibility index (Phi) is 4.77. The summed E-state index contributed by atoms with van der Waals surface area (Å²) in [6.45, 7) is 2.67. The van der Waals surface area contributed by atoms with Crippen LogP contribution >= 0.6 is 11.6 Å². The molecule has 2 heterocycles. The number of amides is 1. The van der Waals surface area contributed by atoms with E-state index in [0.717, 1.165) is 44.0 Å². The average Bonchev–Trinajstić information content (AvgIpc) is 3.35. The van der Waals surface area contributed by atoms with Gasteiger partial charge in [-0.25, -0.2) is 0 Å². The lowest BCUT2D eigenvalue weighted by Crippen LogP contribution is -2.45. The van der Waals surface area contributed by atoms with Crippen LogP contribution in [0.1, 0.15) is 36.2 Å². The third-order valence-electron chi connectivity index (χ3n) is 5.03. The summed E-state index contributed by atoms with van der Waals surface area (Å²) < 4.78 is 5.34. The molecule has 4 rings (SSSR count). The summed E-state index contributed by atoms with van der Waals surface area (Å²) in [4.78, 5) is 14.5. The molecule has 5 nitrogen and oxygen atoms in total. The number of aromatic nitrogens is 1. The lowest BCUT2D eigenvalue weighted by molar-refractivity contribution is 0.0694. The molecular weight excluding hydrogens is 338 g/mol. The van der Waals surface area contributed by atoms with Gasteiger partial charge in [-0.15, -0.1) is 0 Å². The monoisotopic (exact) mass is 359 g/mol. The summed E-state index contributed by atoms with van der Waals surface area (Å²) in [5.41, 5.74) is 1.23. The Labute approximate surface area is 152 Å². The van der Waals surface area contributed by atoms with Crippen molar-refractivity contribution in [3.05, 3.63) is 41.0 Å². The highest BCUT2D eigenvalue weighted by atomic mass is 35.5. The second-order valence-electron chi connectivity index (χ2n) is 7.00. The van der Waals surface area contributed by atoms with E-state index in [1.54, 1.807) is 18.2 Å². The third kappa shape index (κ3) is 4.05. The maximum atomic E-state index is 12.6. The van der Waals surface area contributed by atoms with E-state index in [4.69, 9.17) is 16.1 Å². The summed E-state index contributed by atoms with van der Waals surface area (Å²) in [6.07, 6.45) is 4.74. The Morgan fingerprint density at radius 3 is 2.60 bits per heavy atom. The number of carbonyl (C=O) groups excluding carboxylic acids is 1. The van der Waals surface area contributed by atoms with Gasteiger partial charge in [0.05, 0.1) is 0 Å². The first kappa shape index (κ1) is 16.6. The van der Waals surface area contributed by atoms with E-state index in [2.05, 4.69) is 10.5 Å². The number of likely N-dealkylation sites (tertiary alicyclic amines) is 1. The molecule has 1 aliphatic carbocycles. The fraction of sp³-hybridized carbons (Fsp3) is 0.474. The molecule has 0 radical (unpaired) electrons. The first-order chi connectivity index (χ1) is 12.2. The third-order valence-corrected chi connectivity index (χ3v) is 5.28. The van der Waals surface area contributed by atoms with Crippen molar-refractivity contribution < 1.29 is 9.32 Å². The number of nitrogens with one attached hydrogen (secondary N) is 1. The van der Waals surface area contributed by atoms with Crippen molar-refractivity contribution >= 4 is 17.5 Å². The Morgan fingerprint density at radius 2 is 1.92 bits per heavy atom. The molecule has 1 aliphatic heterocycles. The molecule has 0 atom stereocenters. The maximum Gasteiger partial charge on any atom is 0.276 e. The molecule has 6 heteroatoms. The van der Waals surface area contributed by atoms with E-state index in [9.17, 15) is 4.79 Å². The topological polar surface area (TPSA) is 58.4 Å². The lowest BCUT2D eigenvalue weighted by Gasteiger charge is -2.32. The Hall–Kier alpha value is -1.85. The van der Waals surface area contributed by atoms with Crippen molar-refractivity contribution in [2.24, 2.45) is 5.92 Å². The molecule has 0 unspecified atom stereocenters. The minimum Gasteiger partial charge on any atom is -0.355 e. The van der Waals surface area contributed by atoms with Crippen LogP contribution in [0, 0.1) is 5.92 Å². The maximum absolute atomic E-state index is 12.6. The van der Waals surface area contributed by atoms with Crippen LogP contribution in [0.2, 0.25) is 5.02 Å². The second-order valence-corrected chi connectivity index (χ2v) is 7.44. The average molecular weight is 360 g/mol. The first-order valence-electron chi connectivity index (χ1n) is 8.94. The number of hydrogen-bond donors (Lipinski definition) is 1. The van der Waals surface area contributed by atoms with Gasteiger partial charge in [-0.1, -0.05) is 16.8 Å². The molecule has 1 aromatic heterocycles. The van der Waals surface area contributed by atoms with Crippen molar-refractivity contribution in [2.45, 2.75) is 31.7 Å². The minimum absolute atomic E-state index is 0.0513. The van der Waals surface area contributed by atoms with E-state index >= 15 is 0 Å². The Balaban J connectivity index is 1.34. The molecule has 2 fully saturated rings. The van der Waals surface area contributed by atoms with Gasteiger partial charge >= 0.3 is 0 Å².